The Morgan fingerprint density at radius 1 is 0.750 bits per heavy atom. The highest BCUT2D eigenvalue weighted by atomic mass is 32.2. The van der Waals surface area contributed by atoms with E-state index >= 15 is 0 Å². The number of carbonyl (C=O) groups is 2. The maximum Gasteiger partial charge on any atom is 0.320 e. The first kappa shape index (κ1) is 36.4. The second-order valence-electron chi connectivity index (χ2n) is 10.6. The predicted molar refractivity (Wildman–Crippen MR) is 196 cm³/mol. The third-order valence-corrected chi connectivity index (χ3v) is 9.66. The summed E-state index contributed by atoms with van der Waals surface area (Å²) in [6.45, 7) is 0. The number of thioether (sulfide) groups is 3. The summed E-state index contributed by atoms with van der Waals surface area (Å²) in [5.74, 6) is -2.11. The van der Waals surface area contributed by atoms with Crippen molar-refractivity contribution in [1.29, 1.82) is 0 Å². The Morgan fingerprint density at radius 3 is 1.90 bits per heavy atom. The molecule has 6 aromatic rings. The van der Waals surface area contributed by atoms with Gasteiger partial charge in [-0.3, -0.25) is 19.7 Å². The van der Waals surface area contributed by atoms with Gasteiger partial charge >= 0.3 is 11.9 Å². The normalized spacial score (nSPS) is 12.2. The number of nitrogens with zero attached hydrogens (tertiary/aromatic N) is 1. The lowest BCUT2D eigenvalue weighted by atomic mass is 10.0. The van der Waals surface area contributed by atoms with Crippen molar-refractivity contribution in [2.75, 3.05) is 18.8 Å². The molecule has 48 heavy (non-hydrogen) atoms. The van der Waals surface area contributed by atoms with Crippen LogP contribution in [-0.4, -0.2) is 72.9 Å². The highest BCUT2D eigenvalue weighted by Crippen LogP contribution is 2.34. The van der Waals surface area contributed by atoms with Crippen molar-refractivity contribution in [3.8, 4) is 0 Å². The molecule has 0 aliphatic rings. The highest BCUT2D eigenvalue weighted by molar-refractivity contribution is 7.99. The molecule has 0 radical (unpaired) electrons. The Hall–Kier alpha value is -4.41. The number of aliphatic carboxylic acids is 2. The van der Waals surface area contributed by atoms with Gasteiger partial charge < -0.3 is 36.6 Å². The number of nitrogens with one attached hydrogen (secondary N) is 3. The van der Waals surface area contributed by atoms with E-state index in [0.717, 1.165) is 21.4 Å². The van der Waals surface area contributed by atoms with Gasteiger partial charge in [0.05, 0.1) is 15.8 Å². The number of nitro benzene ring substituents is 1. The van der Waals surface area contributed by atoms with Crippen LogP contribution in [0.25, 0.3) is 32.7 Å². The summed E-state index contributed by atoms with van der Waals surface area (Å²) in [5, 5.41) is 31.6. The molecule has 2 atom stereocenters. The summed E-state index contributed by atoms with van der Waals surface area (Å²) in [6.07, 6.45) is 11.7. The van der Waals surface area contributed by atoms with Gasteiger partial charge in [-0.05, 0) is 71.7 Å². The maximum atomic E-state index is 11.2. The van der Waals surface area contributed by atoms with Crippen molar-refractivity contribution in [3.63, 3.8) is 0 Å². The van der Waals surface area contributed by atoms with Crippen LogP contribution >= 0.6 is 35.3 Å². The van der Waals surface area contributed by atoms with Gasteiger partial charge in [0, 0.05) is 68.6 Å². The molecule has 252 valence electrons. The van der Waals surface area contributed by atoms with Gasteiger partial charge in [-0.25, -0.2) is 0 Å². The number of carboxylic acids is 2. The van der Waals surface area contributed by atoms with Gasteiger partial charge in [0.1, 0.15) is 12.1 Å². The molecule has 0 saturated heterocycles. The minimum Gasteiger partial charge on any atom is -0.480 e. The van der Waals surface area contributed by atoms with Gasteiger partial charge in [0.2, 0.25) is 0 Å². The summed E-state index contributed by atoms with van der Waals surface area (Å²) >= 11 is 4.84. The van der Waals surface area contributed by atoms with E-state index in [1.54, 1.807) is 35.8 Å². The average molecular weight is 709 g/mol. The van der Waals surface area contributed by atoms with Crippen molar-refractivity contribution in [1.82, 2.24) is 15.0 Å². The zero-order valence-corrected chi connectivity index (χ0v) is 28.8. The van der Waals surface area contributed by atoms with E-state index in [1.165, 1.54) is 38.5 Å². The summed E-state index contributed by atoms with van der Waals surface area (Å²) < 4.78 is 0. The second-order valence-corrected chi connectivity index (χ2v) is 13.2. The molecule has 6 rings (SSSR count). The molecule has 3 aromatic heterocycles. The Balaban J connectivity index is 0.000000169. The molecule has 0 amide bonds. The van der Waals surface area contributed by atoms with Gasteiger partial charge in [-0.1, -0.05) is 12.1 Å². The lowest BCUT2D eigenvalue weighted by Gasteiger charge is -2.06. The number of benzene rings is 3. The standard InChI is InChI=1S/C12H13N3O4S.C12H14N2O2S.C9H9NS/c1-20-7-3-9-11(10(4-7)15(18)19)6(5-14-9)2-8(13)12(16)17;1-17-8-2-3-9-7(4-10(13)12(15)16)6-14-11(9)5-8;1-11-8-3-2-7-4-5-10-9(7)6-8/h3-5,8,14H,2,13H2,1H3,(H,16,17);2-3,5-6,10,14H,4,13H2,1H3,(H,15,16);2-6,10H,1H3/t8-;10-;/m00./s1. The minimum atomic E-state index is -1.14. The van der Waals surface area contributed by atoms with E-state index in [1.807, 2.05) is 37.0 Å². The van der Waals surface area contributed by atoms with Crippen LogP contribution in [0.2, 0.25) is 0 Å². The van der Waals surface area contributed by atoms with Crippen LogP contribution in [-0.2, 0) is 22.4 Å². The fraction of sp³-hybridized carbons (Fsp3) is 0.212. The molecule has 0 unspecified atom stereocenters. The second kappa shape index (κ2) is 16.6. The summed E-state index contributed by atoms with van der Waals surface area (Å²) in [6, 6.07) is 15.9. The molecular formula is C33H36N6O6S3. The van der Waals surface area contributed by atoms with Crippen molar-refractivity contribution in [2.24, 2.45) is 11.5 Å². The summed E-state index contributed by atoms with van der Waals surface area (Å²) in [4.78, 5) is 44.8. The molecule has 0 saturated carbocycles. The zero-order chi connectivity index (χ0) is 35.0. The SMILES string of the molecule is CSc1cc([N+](=O)[O-])c2c(C[C@H](N)C(=O)O)c[nH]c2c1.CSc1ccc2c(C[C@H](N)C(=O)O)c[nH]c2c1.CSc1ccc2cc[nH]c2c1. The van der Waals surface area contributed by atoms with Crippen LogP contribution in [0.1, 0.15) is 11.1 Å². The number of nitro groups is 1. The molecule has 0 spiro atoms. The van der Waals surface area contributed by atoms with E-state index in [4.69, 9.17) is 21.7 Å². The summed E-state index contributed by atoms with van der Waals surface area (Å²) in [7, 11) is 0. The van der Waals surface area contributed by atoms with Crippen LogP contribution in [0.3, 0.4) is 0 Å². The Labute approximate surface area is 288 Å². The molecule has 9 N–H and O–H groups in total. The number of nitrogens with two attached hydrogens (primary N) is 2. The lowest BCUT2D eigenvalue weighted by Crippen LogP contribution is -2.32. The number of hydrogen-bond donors (Lipinski definition) is 7. The molecule has 0 bridgehead atoms. The topological polar surface area (TPSA) is 217 Å². The van der Waals surface area contributed by atoms with E-state index in [0.29, 0.717) is 22.9 Å². The quantitative estimate of drug-likeness (QED) is 0.0464. The maximum absolute atomic E-state index is 11.2. The molecular weight excluding hydrogens is 673 g/mol. The van der Waals surface area contributed by atoms with E-state index in [2.05, 4.69) is 51.5 Å². The van der Waals surface area contributed by atoms with E-state index in [9.17, 15) is 19.7 Å². The fourth-order valence-corrected chi connectivity index (χ4v) is 6.32. The molecule has 3 heterocycles. The first-order chi connectivity index (χ1) is 22.9. The van der Waals surface area contributed by atoms with Crippen LogP contribution in [0.15, 0.2) is 87.9 Å². The predicted octanol–water partition coefficient (Wildman–Crippen LogP) is 6.49. The van der Waals surface area contributed by atoms with Gasteiger partial charge in [0.15, 0.2) is 0 Å². The largest absolute Gasteiger partial charge is 0.480 e. The Kier molecular flexibility index (Phi) is 12.6. The van der Waals surface area contributed by atoms with Gasteiger partial charge in [-0.15, -0.1) is 35.3 Å². The Bertz CT molecular complexity index is 2060. The fourth-order valence-electron chi connectivity index (χ4n) is 4.98. The lowest BCUT2D eigenvalue weighted by molar-refractivity contribution is -0.383. The molecule has 15 heteroatoms. The van der Waals surface area contributed by atoms with Gasteiger partial charge in [0.25, 0.3) is 5.69 Å². The third-order valence-electron chi connectivity index (χ3n) is 7.50. The molecule has 12 nitrogen and oxygen atoms in total. The smallest absolute Gasteiger partial charge is 0.320 e. The number of aromatic nitrogens is 3. The first-order valence-corrected chi connectivity index (χ1v) is 18.2. The van der Waals surface area contributed by atoms with Crippen LogP contribution in [0, 0.1) is 10.1 Å². The zero-order valence-electron chi connectivity index (χ0n) is 26.4. The molecule has 0 aliphatic carbocycles. The van der Waals surface area contributed by atoms with Crippen molar-refractivity contribution >= 4 is 85.6 Å². The first-order valence-electron chi connectivity index (χ1n) is 14.5. The number of hydrogen-bond acceptors (Lipinski definition) is 9. The van der Waals surface area contributed by atoms with Gasteiger partial charge in [-0.2, -0.15) is 0 Å². The van der Waals surface area contributed by atoms with Crippen LogP contribution in [0.5, 0.6) is 0 Å². The third kappa shape index (κ3) is 8.93. The van der Waals surface area contributed by atoms with Crippen molar-refractivity contribution in [2.45, 2.75) is 39.6 Å². The van der Waals surface area contributed by atoms with E-state index < -0.39 is 28.9 Å². The van der Waals surface area contributed by atoms with Crippen molar-refractivity contribution in [3.05, 3.63) is 94.4 Å². The Morgan fingerprint density at radius 2 is 1.29 bits per heavy atom. The number of rotatable bonds is 10. The molecule has 0 fully saturated rings. The number of fused-ring (bicyclic) bond motifs is 3. The summed E-state index contributed by atoms with van der Waals surface area (Å²) in [5.41, 5.74) is 15.3. The molecule has 0 aliphatic heterocycles. The number of H-pyrrole nitrogens is 3. The number of carboxylic acid groups (broad SMARTS) is 2. The molecule has 3 aromatic carbocycles. The van der Waals surface area contributed by atoms with Crippen molar-refractivity contribution < 1.29 is 24.7 Å². The van der Waals surface area contributed by atoms with Crippen LogP contribution < -0.4 is 11.5 Å². The van der Waals surface area contributed by atoms with E-state index in [-0.39, 0.29) is 12.1 Å². The van der Waals surface area contributed by atoms with Crippen LogP contribution in [0.4, 0.5) is 5.69 Å². The highest BCUT2D eigenvalue weighted by Gasteiger charge is 2.22. The minimum absolute atomic E-state index is 0.0365. The number of aromatic amines is 3. The average Bonchev–Trinajstić information content (AvgIpc) is 3.82. The monoisotopic (exact) mass is 708 g/mol. The number of non-ortho nitro benzene ring substituents is 1.